The molecule has 1 aromatic rings. The molecule has 0 aliphatic heterocycles. The van der Waals surface area contributed by atoms with E-state index >= 15 is 0 Å². The van der Waals surface area contributed by atoms with Crippen molar-refractivity contribution in [1.82, 2.24) is 4.90 Å². The second kappa shape index (κ2) is 8.67. The van der Waals surface area contributed by atoms with Crippen LogP contribution in [0.3, 0.4) is 0 Å². The van der Waals surface area contributed by atoms with Crippen molar-refractivity contribution in [3.05, 3.63) is 29.3 Å². The van der Waals surface area contributed by atoms with Crippen LogP contribution in [0.2, 0.25) is 0 Å². The van der Waals surface area contributed by atoms with Gasteiger partial charge in [0.15, 0.2) is 0 Å². The molecule has 4 heteroatoms. The van der Waals surface area contributed by atoms with Gasteiger partial charge in [-0.25, -0.2) is 0 Å². The van der Waals surface area contributed by atoms with E-state index in [9.17, 15) is 4.79 Å². The first kappa shape index (κ1) is 17.5. The highest BCUT2D eigenvalue weighted by molar-refractivity contribution is 5.69. The third kappa shape index (κ3) is 6.17. The minimum Gasteiger partial charge on any atom is -0.493 e. The second-order valence-electron chi connectivity index (χ2n) is 5.60. The largest absolute Gasteiger partial charge is 0.493 e. The van der Waals surface area contributed by atoms with E-state index in [0.717, 1.165) is 30.8 Å². The Balaban J connectivity index is 2.35. The predicted octanol–water partition coefficient (Wildman–Crippen LogP) is 3.11. The Kier molecular flexibility index (Phi) is 7.23. The number of nitrogens with zero attached hydrogens (tertiary/aromatic N) is 1. The van der Waals surface area contributed by atoms with Gasteiger partial charge < -0.3 is 14.7 Å². The lowest BCUT2D eigenvalue weighted by molar-refractivity contribution is -0.141. The molecule has 1 atom stereocenters. The summed E-state index contributed by atoms with van der Waals surface area (Å²) in [7, 11) is 0. The lowest BCUT2D eigenvalue weighted by atomic mass is 10.1. The molecule has 4 nitrogen and oxygen atoms in total. The smallest absolute Gasteiger partial charge is 0.307 e. The Morgan fingerprint density at radius 2 is 2.10 bits per heavy atom. The van der Waals surface area contributed by atoms with Gasteiger partial charge in [0.2, 0.25) is 0 Å². The maximum Gasteiger partial charge on any atom is 0.307 e. The SMILES string of the molecule is CCN(CCCOc1cc(C)ccc1C)CC(C)C(=O)O. The normalized spacial score (nSPS) is 12.4. The fraction of sp³-hybridized carbons (Fsp3) is 0.588. The van der Waals surface area contributed by atoms with Crippen LogP contribution in [0.5, 0.6) is 5.75 Å². The molecule has 0 bridgehead atoms. The van der Waals surface area contributed by atoms with Crippen LogP contribution >= 0.6 is 0 Å². The summed E-state index contributed by atoms with van der Waals surface area (Å²) in [4.78, 5) is 13.0. The maximum absolute atomic E-state index is 10.9. The zero-order valence-electron chi connectivity index (χ0n) is 13.6. The highest BCUT2D eigenvalue weighted by Crippen LogP contribution is 2.19. The molecule has 0 fully saturated rings. The fourth-order valence-corrected chi connectivity index (χ4v) is 2.18. The molecule has 0 aromatic heterocycles. The van der Waals surface area contributed by atoms with Gasteiger partial charge in [-0.05, 0) is 44.0 Å². The van der Waals surface area contributed by atoms with Crippen molar-refractivity contribution in [1.29, 1.82) is 0 Å². The summed E-state index contributed by atoms with van der Waals surface area (Å²) in [6.45, 7) is 10.9. The lowest BCUT2D eigenvalue weighted by Crippen LogP contribution is -2.33. The first-order chi connectivity index (χ1) is 9.93. The van der Waals surface area contributed by atoms with Crippen LogP contribution in [0.4, 0.5) is 0 Å². The van der Waals surface area contributed by atoms with Crippen molar-refractivity contribution in [3.63, 3.8) is 0 Å². The summed E-state index contributed by atoms with van der Waals surface area (Å²) in [5.74, 6) is -0.123. The van der Waals surface area contributed by atoms with Gasteiger partial charge >= 0.3 is 5.97 Å². The van der Waals surface area contributed by atoms with Gasteiger partial charge in [0, 0.05) is 13.1 Å². The van der Waals surface area contributed by atoms with Crippen molar-refractivity contribution in [2.24, 2.45) is 5.92 Å². The summed E-state index contributed by atoms with van der Waals surface area (Å²) in [6.07, 6.45) is 0.896. The molecular formula is C17H27NO3. The Bertz CT molecular complexity index is 459. The molecular weight excluding hydrogens is 266 g/mol. The zero-order valence-corrected chi connectivity index (χ0v) is 13.6. The number of benzene rings is 1. The number of hydrogen-bond donors (Lipinski definition) is 1. The van der Waals surface area contributed by atoms with E-state index in [1.807, 2.05) is 6.92 Å². The van der Waals surface area contributed by atoms with Crippen LogP contribution in [-0.4, -0.2) is 42.2 Å². The van der Waals surface area contributed by atoms with Crippen LogP contribution in [0.25, 0.3) is 0 Å². The second-order valence-corrected chi connectivity index (χ2v) is 5.60. The number of aryl methyl sites for hydroxylation is 2. The van der Waals surface area contributed by atoms with Gasteiger partial charge in [-0.2, -0.15) is 0 Å². The van der Waals surface area contributed by atoms with Crippen LogP contribution in [0, 0.1) is 19.8 Å². The third-order valence-corrected chi connectivity index (χ3v) is 3.62. The van der Waals surface area contributed by atoms with Gasteiger partial charge in [0.1, 0.15) is 5.75 Å². The zero-order chi connectivity index (χ0) is 15.8. The lowest BCUT2D eigenvalue weighted by Gasteiger charge is -2.22. The highest BCUT2D eigenvalue weighted by Gasteiger charge is 2.14. The van der Waals surface area contributed by atoms with E-state index in [-0.39, 0.29) is 5.92 Å². The molecule has 0 amide bonds. The monoisotopic (exact) mass is 293 g/mol. The molecule has 0 radical (unpaired) electrons. The Labute approximate surface area is 127 Å². The molecule has 1 rings (SSSR count). The molecule has 1 aromatic carbocycles. The molecule has 1 unspecified atom stereocenters. The van der Waals surface area contributed by atoms with E-state index < -0.39 is 5.97 Å². The first-order valence-electron chi connectivity index (χ1n) is 7.59. The molecule has 0 aliphatic carbocycles. The highest BCUT2D eigenvalue weighted by atomic mass is 16.5. The number of hydrogen-bond acceptors (Lipinski definition) is 3. The Hall–Kier alpha value is -1.55. The van der Waals surface area contributed by atoms with Crippen LogP contribution in [0.15, 0.2) is 18.2 Å². The summed E-state index contributed by atoms with van der Waals surface area (Å²) < 4.78 is 5.82. The van der Waals surface area contributed by atoms with E-state index in [4.69, 9.17) is 9.84 Å². The molecule has 0 aliphatic rings. The van der Waals surface area contributed by atoms with Gasteiger partial charge in [-0.1, -0.05) is 26.0 Å². The van der Waals surface area contributed by atoms with Crippen LogP contribution < -0.4 is 4.74 Å². The summed E-state index contributed by atoms with van der Waals surface area (Å²) >= 11 is 0. The third-order valence-electron chi connectivity index (χ3n) is 3.62. The van der Waals surface area contributed by atoms with E-state index in [1.54, 1.807) is 6.92 Å². The van der Waals surface area contributed by atoms with Gasteiger partial charge in [0.25, 0.3) is 0 Å². The Morgan fingerprint density at radius 1 is 1.38 bits per heavy atom. The van der Waals surface area contributed by atoms with E-state index in [0.29, 0.717) is 13.2 Å². The molecule has 1 N–H and O–H groups in total. The minimum atomic E-state index is -0.736. The van der Waals surface area contributed by atoms with Gasteiger partial charge in [0.05, 0.1) is 12.5 Å². The quantitative estimate of drug-likeness (QED) is 0.711. The van der Waals surface area contributed by atoms with Crippen molar-refractivity contribution in [2.75, 3.05) is 26.2 Å². The molecule has 0 heterocycles. The number of ether oxygens (including phenoxy) is 1. The van der Waals surface area contributed by atoms with Crippen LogP contribution in [0.1, 0.15) is 31.4 Å². The average molecular weight is 293 g/mol. The van der Waals surface area contributed by atoms with Crippen molar-refractivity contribution in [3.8, 4) is 5.75 Å². The average Bonchev–Trinajstić information content (AvgIpc) is 2.45. The standard InChI is InChI=1S/C17H27NO3/c1-5-18(12-15(4)17(19)20)9-6-10-21-16-11-13(2)7-8-14(16)3/h7-8,11,15H,5-6,9-10,12H2,1-4H3,(H,19,20). The molecule has 0 saturated heterocycles. The number of rotatable bonds is 9. The van der Waals surface area contributed by atoms with Crippen LogP contribution in [-0.2, 0) is 4.79 Å². The van der Waals surface area contributed by atoms with Gasteiger partial charge in [-0.3, -0.25) is 4.79 Å². The molecule has 21 heavy (non-hydrogen) atoms. The number of carboxylic acid groups (broad SMARTS) is 1. The number of aliphatic carboxylic acids is 1. The summed E-state index contributed by atoms with van der Waals surface area (Å²) in [6, 6.07) is 6.20. The van der Waals surface area contributed by atoms with E-state index in [1.165, 1.54) is 5.56 Å². The molecule has 0 spiro atoms. The topological polar surface area (TPSA) is 49.8 Å². The number of carbonyl (C=O) groups is 1. The van der Waals surface area contributed by atoms with E-state index in [2.05, 4.69) is 36.9 Å². The predicted molar refractivity (Wildman–Crippen MR) is 84.9 cm³/mol. The summed E-state index contributed by atoms with van der Waals surface area (Å²) in [5, 5.41) is 8.95. The molecule has 0 saturated carbocycles. The van der Waals surface area contributed by atoms with Crippen molar-refractivity contribution >= 4 is 5.97 Å². The minimum absolute atomic E-state index is 0.329. The van der Waals surface area contributed by atoms with Gasteiger partial charge in [-0.15, -0.1) is 0 Å². The number of carboxylic acids is 1. The first-order valence-corrected chi connectivity index (χ1v) is 7.59. The summed E-state index contributed by atoms with van der Waals surface area (Å²) in [5.41, 5.74) is 2.34. The Morgan fingerprint density at radius 3 is 2.71 bits per heavy atom. The molecule has 118 valence electrons. The van der Waals surface area contributed by atoms with Crippen molar-refractivity contribution in [2.45, 2.75) is 34.1 Å². The maximum atomic E-state index is 10.9. The van der Waals surface area contributed by atoms with Crippen molar-refractivity contribution < 1.29 is 14.6 Å². The fourth-order valence-electron chi connectivity index (χ4n) is 2.18.